The minimum Gasteiger partial charge on any atom is -0.274 e. The van der Waals surface area contributed by atoms with E-state index in [9.17, 15) is 9.59 Å². The molecule has 108 valence electrons. The van der Waals surface area contributed by atoms with Gasteiger partial charge >= 0.3 is 0 Å². The Morgan fingerprint density at radius 2 is 2.10 bits per heavy atom. The number of hydrogen-bond donors (Lipinski definition) is 1. The second kappa shape index (κ2) is 5.52. The van der Waals surface area contributed by atoms with Crippen molar-refractivity contribution in [1.82, 2.24) is 10.2 Å². The van der Waals surface area contributed by atoms with Crippen LogP contribution in [0.4, 0.5) is 11.5 Å². The van der Waals surface area contributed by atoms with E-state index < -0.39 is 0 Å². The number of unbranched alkanes of at least 4 members (excludes halogenated alkanes) is 1. The Morgan fingerprint density at radius 1 is 1.29 bits per heavy atom. The van der Waals surface area contributed by atoms with Gasteiger partial charge in [0, 0.05) is 11.6 Å². The highest BCUT2D eigenvalue weighted by atomic mass is 16.2. The predicted octanol–water partition coefficient (Wildman–Crippen LogP) is 2.33. The van der Waals surface area contributed by atoms with Crippen molar-refractivity contribution in [2.24, 2.45) is 0 Å². The normalized spacial score (nSPS) is 13.6. The Hall–Kier alpha value is -2.43. The average molecular weight is 283 g/mol. The van der Waals surface area contributed by atoms with Crippen LogP contribution in [0.3, 0.4) is 0 Å². The first-order valence-corrected chi connectivity index (χ1v) is 7.20. The molecular weight excluding hydrogens is 266 g/mol. The van der Waals surface area contributed by atoms with Crippen molar-refractivity contribution in [2.45, 2.75) is 32.6 Å². The zero-order valence-electron chi connectivity index (χ0n) is 11.9. The number of rotatable bonds is 4. The maximum absolute atomic E-state index is 12.3. The summed E-state index contributed by atoms with van der Waals surface area (Å²) < 4.78 is 0. The van der Waals surface area contributed by atoms with Gasteiger partial charge in [-0.15, -0.1) is 0 Å². The molecule has 0 saturated heterocycles. The van der Waals surface area contributed by atoms with E-state index in [1.807, 2.05) is 24.3 Å². The molecule has 0 saturated carbocycles. The first kappa shape index (κ1) is 13.5. The molecule has 1 N–H and O–H groups in total. The number of carbonyl (C=O) groups is 1. The number of nitrogens with one attached hydrogen (secondary N) is 1. The third kappa shape index (κ3) is 2.46. The Balaban J connectivity index is 2.08. The van der Waals surface area contributed by atoms with E-state index in [0.717, 1.165) is 36.1 Å². The second-order valence-corrected chi connectivity index (χ2v) is 5.22. The van der Waals surface area contributed by atoms with E-state index in [1.54, 1.807) is 11.0 Å². The largest absolute Gasteiger partial charge is 0.274 e. The number of nitrogens with zero attached hydrogens (tertiary/aromatic N) is 2. The van der Waals surface area contributed by atoms with Gasteiger partial charge in [0.2, 0.25) is 5.91 Å². The zero-order chi connectivity index (χ0) is 14.8. The summed E-state index contributed by atoms with van der Waals surface area (Å²) in [6.07, 6.45) is 3.11. The zero-order valence-corrected chi connectivity index (χ0v) is 11.9. The standard InChI is InChI=1S/C16H17N3O2/c1-2-3-6-12-9-14(20)17-18-16(12)19-13-8-5-4-7-11(13)10-15(19)21/h4-5,7-9H,2-3,6,10H2,1H3,(H,17,20). The van der Waals surface area contributed by atoms with E-state index in [-0.39, 0.29) is 11.5 Å². The van der Waals surface area contributed by atoms with Crippen molar-refractivity contribution < 1.29 is 4.79 Å². The molecule has 1 aromatic heterocycles. The van der Waals surface area contributed by atoms with Gasteiger partial charge in [-0.2, -0.15) is 5.10 Å². The number of H-pyrrole nitrogens is 1. The summed E-state index contributed by atoms with van der Waals surface area (Å²) >= 11 is 0. The van der Waals surface area contributed by atoms with Crippen LogP contribution in [0.5, 0.6) is 0 Å². The van der Waals surface area contributed by atoms with Gasteiger partial charge in [-0.05, 0) is 24.5 Å². The van der Waals surface area contributed by atoms with Crippen LogP contribution in [0.25, 0.3) is 0 Å². The van der Waals surface area contributed by atoms with E-state index in [1.165, 1.54) is 0 Å². The number of anilines is 2. The number of para-hydroxylation sites is 1. The van der Waals surface area contributed by atoms with Crippen molar-refractivity contribution in [3.63, 3.8) is 0 Å². The fraction of sp³-hybridized carbons (Fsp3) is 0.312. The van der Waals surface area contributed by atoms with Crippen LogP contribution in [0.15, 0.2) is 35.1 Å². The third-order valence-corrected chi connectivity index (χ3v) is 3.70. The van der Waals surface area contributed by atoms with E-state index in [2.05, 4.69) is 17.1 Å². The Labute approximate surface area is 122 Å². The molecule has 0 aliphatic carbocycles. The molecular formula is C16H17N3O2. The van der Waals surface area contributed by atoms with Crippen molar-refractivity contribution in [3.05, 3.63) is 51.8 Å². The lowest BCUT2D eigenvalue weighted by molar-refractivity contribution is -0.116. The van der Waals surface area contributed by atoms with Gasteiger partial charge in [-0.3, -0.25) is 14.5 Å². The minimum absolute atomic E-state index is 0.00602. The molecule has 0 radical (unpaired) electrons. The molecule has 1 aliphatic rings. The number of amides is 1. The summed E-state index contributed by atoms with van der Waals surface area (Å²) in [5, 5.41) is 6.58. The van der Waals surface area contributed by atoms with Gasteiger partial charge in [0.25, 0.3) is 5.56 Å². The molecule has 2 heterocycles. The number of carbonyl (C=O) groups excluding carboxylic acids is 1. The first-order chi connectivity index (χ1) is 10.2. The van der Waals surface area contributed by atoms with Crippen molar-refractivity contribution in [2.75, 3.05) is 4.90 Å². The van der Waals surface area contributed by atoms with Crippen molar-refractivity contribution in [3.8, 4) is 0 Å². The van der Waals surface area contributed by atoms with Gasteiger partial charge in [0.15, 0.2) is 5.82 Å². The van der Waals surface area contributed by atoms with Crippen LogP contribution < -0.4 is 10.5 Å². The summed E-state index contributed by atoms with van der Waals surface area (Å²) in [6.45, 7) is 2.09. The van der Waals surface area contributed by atoms with Crippen LogP contribution in [0.1, 0.15) is 30.9 Å². The molecule has 0 bridgehead atoms. The molecule has 5 heteroatoms. The molecule has 5 nitrogen and oxygen atoms in total. The highest BCUT2D eigenvalue weighted by Gasteiger charge is 2.30. The molecule has 0 fully saturated rings. The Morgan fingerprint density at radius 3 is 2.90 bits per heavy atom. The van der Waals surface area contributed by atoms with Crippen LogP contribution in [-0.2, 0) is 17.6 Å². The molecule has 1 aliphatic heterocycles. The minimum atomic E-state index is -0.232. The van der Waals surface area contributed by atoms with E-state index in [4.69, 9.17) is 0 Å². The molecule has 1 aromatic carbocycles. The van der Waals surface area contributed by atoms with Crippen LogP contribution in [0.2, 0.25) is 0 Å². The van der Waals surface area contributed by atoms with Gasteiger partial charge in [-0.25, -0.2) is 5.10 Å². The number of aromatic nitrogens is 2. The monoisotopic (exact) mass is 283 g/mol. The summed E-state index contributed by atoms with van der Waals surface area (Å²) in [7, 11) is 0. The molecule has 0 spiro atoms. The van der Waals surface area contributed by atoms with Crippen molar-refractivity contribution >= 4 is 17.4 Å². The third-order valence-electron chi connectivity index (χ3n) is 3.70. The quantitative estimate of drug-likeness (QED) is 0.936. The average Bonchev–Trinajstić information content (AvgIpc) is 2.81. The lowest BCUT2D eigenvalue weighted by atomic mass is 10.1. The predicted molar refractivity (Wildman–Crippen MR) is 80.8 cm³/mol. The number of aromatic amines is 1. The molecule has 0 unspecified atom stereocenters. The van der Waals surface area contributed by atoms with Gasteiger partial charge in [0.1, 0.15) is 0 Å². The molecule has 2 aromatic rings. The number of hydrogen-bond acceptors (Lipinski definition) is 3. The van der Waals surface area contributed by atoms with E-state index in [0.29, 0.717) is 12.2 Å². The fourth-order valence-electron chi connectivity index (χ4n) is 2.67. The number of benzene rings is 1. The highest BCUT2D eigenvalue weighted by Crippen LogP contribution is 2.35. The Bertz CT molecular complexity index is 736. The number of aryl methyl sites for hydroxylation is 1. The molecule has 0 atom stereocenters. The van der Waals surface area contributed by atoms with Gasteiger partial charge < -0.3 is 0 Å². The second-order valence-electron chi connectivity index (χ2n) is 5.22. The van der Waals surface area contributed by atoms with Gasteiger partial charge in [0.05, 0.1) is 12.1 Å². The van der Waals surface area contributed by atoms with Crippen LogP contribution >= 0.6 is 0 Å². The SMILES string of the molecule is CCCCc1cc(=O)[nH]nc1N1C(=O)Cc2ccccc21. The van der Waals surface area contributed by atoms with Crippen molar-refractivity contribution in [1.29, 1.82) is 0 Å². The highest BCUT2D eigenvalue weighted by molar-refractivity contribution is 6.06. The molecule has 21 heavy (non-hydrogen) atoms. The summed E-state index contributed by atoms with van der Waals surface area (Å²) in [6, 6.07) is 9.24. The fourth-order valence-corrected chi connectivity index (χ4v) is 2.67. The van der Waals surface area contributed by atoms with Crippen LogP contribution in [0, 0.1) is 0 Å². The van der Waals surface area contributed by atoms with E-state index >= 15 is 0 Å². The maximum Gasteiger partial charge on any atom is 0.264 e. The molecule has 3 rings (SSSR count). The summed E-state index contributed by atoms with van der Waals surface area (Å²) in [5.41, 5.74) is 2.45. The summed E-state index contributed by atoms with van der Waals surface area (Å²) in [5.74, 6) is 0.548. The Kier molecular flexibility index (Phi) is 3.56. The molecule has 1 amide bonds. The number of fused-ring (bicyclic) bond motifs is 1. The van der Waals surface area contributed by atoms with Gasteiger partial charge in [-0.1, -0.05) is 31.5 Å². The smallest absolute Gasteiger partial charge is 0.264 e. The van der Waals surface area contributed by atoms with Crippen LogP contribution in [-0.4, -0.2) is 16.1 Å². The first-order valence-electron chi connectivity index (χ1n) is 7.20. The topological polar surface area (TPSA) is 66.1 Å². The lowest BCUT2D eigenvalue weighted by Gasteiger charge is -2.19. The summed E-state index contributed by atoms with van der Waals surface area (Å²) in [4.78, 5) is 25.5. The lowest BCUT2D eigenvalue weighted by Crippen LogP contribution is -2.25. The maximum atomic E-state index is 12.3.